The number of carbonyl (C=O) groups excluding carboxylic acids is 2. The van der Waals surface area contributed by atoms with Gasteiger partial charge < -0.3 is 15.8 Å². The molecule has 0 heterocycles. The fourth-order valence-electron chi connectivity index (χ4n) is 1.92. The molecule has 0 aliphatic heterocycles. The molecule has 3 N–H and O–H groups in total. The van der Waals surface area contributed by atoms with Crippen LogP contribution in [0.4, 0.5) is 5.69 Å². The van der Waals surface area contributed by atoms with E-state index in [4.69, 9.17) is 33.7 Å². The minimum atomic E-state index is -1.15. The molecule has 24 heavy (non-hydrogen) atoms. The van der Waals surface area contributed by atoms with Crippen molar-refractivity contribution in [3.8, 4) is 5.75 Å². The second kappa shape index (κ2) is 7.11. The number of halogens is 2. The van der Waals surface area contributed by atoms with Crippen LogP contribution in [0, 0.1) is 0 Å². The Labute approximate surface area is 149 Å². The predicted molar refractivity (Wildman–Crippen MR) is 94.8 cm³/mol. The molecule has 2 aromatic rings. The zero-order valence-corrected chi connectivity index (χ0v) is 14.6. The van der Waals surface area contributed by atoms with E-state index >= 15 is 0 Å². The van der Waals surface area contributed by atoms with E-state index in [1.165, 1.54) is 12.1 Å². The average molecular weight is 367 g/mol. The molecule has 0 aliphatic rings. The minimum absolute atomic E-state index is 0.130. The third-order valence-electron chi connectivity index (χ3n) is 3.22. The molecular weight excluding hydrogens is 351 g/mol. The number of hydrogen-bond acceptors (Lipinski definition) is 3. The fourth-order valence-corrected chi connectivity index (χ4v) is 2.25. The van der Waals surface area contributed by atoms with Crippen LogP contribution < -0.4 is 15.8 Å². The normalized spacial score (nSPS) is 11.0. The number of nitrogens with one attached hydrogen (secondary N) is 1. The molecule has 0 unspecified atom stereocenters. The Morgan fingerprint density at radius 1 is 1.08 bits per heavy atom. The number of benzene rings is 2. The first-order chi connectivity index (χ1) is 11.2. The lowest BCUT2D eigenvalue weighted by Gasteiger charge is -2.25. The fraction of sp³-hybridized carbons (Fsp3) is 0.176. The molecule has 0 radical (unpaired) electrons. The summed E-state index contributed by atoms with van der Waals surface area (Å²) in [6.45, 7) is 3.25. The Morgan fingerprint density at radius 2 is 1.71 bits per heavy atom. The Morgan fingerprint density at radius 3 is 2.29 bits per heavy atom. The third kappa shape index (κ3) is 4.40. The number of ether oxygens (including phenoxy) is 1. The first-order valence-electron chi connectivity index (χ1n) is 7.04. The third-order valence-corrected chi connectivity index (χ3v) is 3.80. The maximum absolute atomic E-state index is 12.5. The van der Waals surface area contributed by atoms with Crippen LogP contribution >= 0.6 is 23.2 Å². The van der Waals surface area contributed by atoms with Crippen LogP contribution in [0.15, 0.2) is 42.5 Å². The van der Waals surface area contributed by atoms with Crippen molar-refractivity contribution in [2.75, 3.05) is 5.32 Å². The zero-order valence-electron chi connectivity index (χ0n) is 13.1. The van der Waals surface area contributed by atoms with Gasteiger partial charge in [0, 0.05) is 10.7 Å². The lowest BCUT2D eigenvalue weighted by atomic mass is 10.1. The summed E-state index contributed by atoms with van der Waals surface area (Å²) in [4.78, 5) is 23.8. The molecule has 0 bridgehead atoms. The van der Waals surface area contributed by atoms with Gasteiger partial charge >= 0.3 is 0 Å². The van der Waals surface area contributed by atoms with Gasteiger partial charge in [0.05, 0.1) is 10.6 Å². The van der Waals surface area contributed by atoms with Crippen LogP contribution in [0.25, 0.3) is 0 Å². The maximum Gasteiger partial charge on any atom is 0.267 e. The Balaban J connectivity index is 2.14. The highest BCUT2D eigenvalue weighted by atomic mass is 35.5. The van der Waals surface area contributed by atoms with Gasteiger partial charge in [0.15, 0.2) is 5.60 Å². The second-order valence-corrected chi connectivity index (χ2v) is 6.42. The smallest absolute Gasteiger partial charge is 0.267 e. The highest BCUT2D eigenvalue weighted by molar-refractivity contribution is 6.34. The van der Waals surface area contributed by atoms with E-state index < -0.39 is 17.4 Å². The van der Waals surface area contributed by atoms with Crippen LogP contribution in [0.2, 0.25) is 10.0 Å². The molecule has 0 aromatic heterocycles. The van der Waals surface area contributed by atoms with Gasteiger partial charge in [-0.3, -0.25) is 9.59 Å². The molecule has 0 atom stereocenters. The van der Waals surface area contributed by atoms with Gasteiger partial charge in [-0.15, -0.1) is 0 Å². The number of carbonyl (C=O) groups is 2. The van der Waals surface area contributed by atoms with E-state index in [0.717, 1.165) is 0 Å². The SMILES string of the molecule is CC(C)(Oc1ccc(Cl)cc1)C(=O)Nc1ccc(Cl)c(C(N)=O)c1. The molecule has 0 saturated heterocycles. The van der Waals surface area contributed by atoms with Gasteiger partial charge in [-0.25, -0.2) is 0 Å². The molecule has 2 rings (SSSR count). The first kappa shape index (κ1) is 18.1. The van der Waals surface area contributed by atoms with E-state index in [0.29, 0.717) is 16.5 Å². The molecule has 0 saturated carbocycles. The van der Waals surface area contributed by atoms with Gasteiger partial charge in [-0.1, -0.05) is 23.2 Å². The molecule has 0 aliphatic carbocycles. The molecule has 126 valence electrons. The highest BCUT2D eigenvalue weighted by Gasteiger charge is 2.30. The van der Waals surface area contributed by atoms with E-state index in [1.54, 1.807) is 44.2 Å². The van der Waals surface area contributed by atoms with Crippen LogP contribution in [-0.4, -0.2) is 17.4 Å². The topological polar surface area (TPSA) is 81.4 Å². The summed E-state index contributed by atoms with van der Waals surface area (Å²) in [6, 6.07) is 11.2. The van der Waals surface area contributed by atoms with Gasteiger partial charge in [0.2, 0.25) is 5.91 Å². The molecule has 0 fully saturated rings. The van der Waals surface area contributed by atoms with Gasteiger partial charge in [0.1, 0.15) is 5.75 Å². The average Bonchev–Trinajstić information content (AvgIpc) is 2.51. The van der Waals surface area contributed by atoms with Crippen molar-refractivity contribution in [2.24, 2.45) is 5.73 Å². The maximum atomic E-state index is 12.5. The molecule has 2 aromatic carbocycles. The largest absolute Gasteiger partial charge is 0.478 e. The Bertz CT molecular complexity index is 774. The molecule has 5 nitrogen and oxygen atoms in total. The van der Waals surface area contributed by atoms with Gasteiger partial charge in [-0.2, -0.15) is 0 Å². The van der Waals surface area contributed by atoms with Gasteiger partial charge in [-0.05, 0) is 56.3 Å². The molecule has 2 amide bonds. The number of amides is 2. The van der Waals surface area contributed by atoms with E-state index in [2.05, 4.69) is 5.32 Å². The quantitative estimate of drug-likeness (QED) is 0.841. The summed E-state index contributed by atoms with van der Waals surface area (Å²) in [5.41, 5.74) is 4.62. The van der Waals surface area contributed by atoms with E-state index in [-0.39, 0.29) is 10.6 Å². The summed E-state index contributed by atoms with van der Waals surface area (Å²) < 4.78 is 5.70. The molecule has 0 spiro atoms. The van der Waals surface area contributed by atoms with Crippen molar-refractivity contribution in [1.82, 2.24) is 0 Å². The van der Waals surface area contributed by atoms with Crippen LogP contribution in [0.3, 0.4) is 0 Å². The van der Waals surface area contributed by atoms with E-state index in [9.17, 15) is 9.59 Å². The molecular formula is C17H16Cl2N2O3. The van der Waals surface area contributed by atoms with Crippen molar-refractivity contribution in [3.05, 3.63) is 58.1 Å². The summed E-state index contributed by atoms with van der Waals surface area (Å²) >= 11 is 11.7. The van der Waals surface area contributed by atoms with Crippen molar-refractivity contribution in [1.29, 1.82) is 0 Å². The number of primary amides is 1. The van der Waals surface area contributed by atoms with Crippen molar-refractivity contribution in [3.63, 3.8) is 0 Å². The molecule has 7 heteroatoms. The highest BCUT2D eigenvalue weighted by Crippen LogP contribution is 2.24. The van der Waals surface area contributed by atoms with Crippen LogP contribution in [0.5, 0.6) is 5.75 Å². The second-order valence-electron chi connectivity index (χ2n) is 5.58. The van der Waals surface area contributed by atoms with Crippen molar-refractivity contribution < 1.29 is 14.3 Å². The first-order valence-corrected chi connectivity index (χ1v) is 7.80. The Hall–Kier alpha value is -2.24. The summed E-state index contributed by atoms with van der Waals surface area (Å²) in [5, 5.41) is 3.47. The van der Waals surface area contributed by atoms with E-state index in [1.807, 2.05) is 0 Å². The van der Waals surface area contributed by atoms with Crippen molar-refractivity contribution in [2.45, 2.75) is 19.4 Å². The van der Waals surface area contributed by atoms with Crippen LogP contribution in [-0.2, 0) is 4.79 Å². The van der Waals surface area contributed by atoms with Crippen LogP contribution in [0.1, 0.15) is 24.2 Å². The van der Waals surface area contributed by atoms with Crippen molar-refractivity contribution >= 4 is 40.7 Å². The van der Waals surface area contributed by atoms with Gasteiger partial charge in [0.25, 0.3) is 5.91 Å². The summed E-state index contributed by atoms with van der Waals surface area (Å²) in [7, 11) is 0. The lowest BCUT2D eigenvalue weighted by Crippen LogP contribution is -2.42. The summed E-state index contributed by atoms with van der Waals surface area (Å²) in [6.07, 6.45) is 0. The standard InChI is InChI=1S/C17H16Cl2N2O3/c1-17(2,24-12-6-3-10(18)4-7-12)16(23)21-11-5-8-14(19)13(9-11)15(20)22/h3-9H,1-2H3,(H2,20,22)(H,21,23). The number of anilines is 1. The lowest BCUT2D eigenvalue weighted by molar-refractivity contribution is -0.128. The number of rotatable bonds is 5. The summed E-state index contributed by atoms with van der Waals surface area (Å²) in [5.74, 6) is -0.559. The number of hydrogen-bond donors (Lipinski definition) is 2. The number of nitrogens with two attached hydrogens (primary N) is 1. The zero-order chi connectivity index (χ0) is 17.9. The predicted octanol–water partition coefficient (Wildman–Crippen LogP) is 3.89. The Kier molecular flexibility index (Phi) is 5.36. The monoisotopic (exact) mass is 366 g/mol. The minimum Gasteiger partial charge on any atom is -0.478 e.